The highest BCUT2D eigenvalue weighted by Crippen LogP contribution is 2.44. The average molecular weight is 455 g/mol. The lowest BCUT2D eigenvalue weighted by atomic mass is 10.2. The van der Waals surface area contributed by atoms with Crippen molar-refractivity contribution in [1.82, 2.24) is 0 Å². The summed E-state index contributed by atoms with van der Waals surface area (Å²) in [4.78, 5) is 11.9. The number of aliphatic carboxylic acids is 1. The van der Waals surface area contributed by atoms with Gasteiger partial charge in [-0.1, -0.05) is 49.7 Å². The fourth-order valence-electron chi connectivity index (χ4n) is 2.31. The number of fused-ring (bicyclic) bond motifs is 2. The van der Waals surface area contributed by atoms with E-state index in [1.54, 1.807) is 0 Å². The second-order valence-electron chi connectivity index (χ2n) is 5.90. The van der Waals surface area contributed by atoms with Gasteiger partial charge in [0.1, 0.15) is 5.33 Å². The van der Waals surface area contributed by atoms with E-state index < -0.39 is 5.97 Å². The van der Waals surface area contributed by atoms with Crippen LogP contribution in [-0.2, 0) is 4.79 Å². The van der Waals surface area contributed by atoms with Crippen molar-refractivity contribution in [2.75, 3.05) is 29.1 Å². The van der Waals surface area contributed by atoms with E-state index in [2.05, 4.69) is 76.8 Å². The van der Waals surface area contributed by atoms with Crippen molar-refractivity contribution >= 4 is 54.9 Å². The van der Waals surface area contributed by atoms with Crippen molar-refractivity contribution < 1.29 is 9.90 Å². The van der Waals surface area contributed by atoms with Crippen molar-refractivity contribution in [3.63, 3.8) is 0 Å². The van der Waals surface area contributed by atoms with Gasteiger partial charge in [0.05, 0.1) is 0 Å². The molecule has 0 aromatic heterocycles. The van der Waals surface area contributed by atoms with Crippen molar-refractivity contribution in [2.45, 2.75) is 30.1 Å². The summed E-state index contributed by atoms with van der Waals surface area (Å²) in [6, 6.07) is 13.3. The predicted octanol–water partition coefficient (Wildman–Crippen LogP) is 5.80. The molecule has 7 heteroatoms. The summed E-state index contributed by atoms with van der Waals surface area (Å²) in [6.45, 7) is 6.29. The van der Waals surface area contributed by atoms with Crippen LogP contribution < -0.4 is 10.6 Å². The molecule has 0 saturated heterocycles. The number of alkyl halides is 1. The Hall–Kier alpha value is -1.31. The summed E-state index contributed by atoms with van der Waals surface area (Å²) in [5.74, 6) is -0.829. The van der Waals surface area contributed by atoms with Crippen LogP contribution >= 0.6 is 37.5 Å². The Morgan fingerprint density at radius 1 is 1.00 bits per heavy atom. The molecule has 1 aliphatic heterocycles. The summed E-state index contributed by atoms with van der Waals surface area (Å²) in [6.07, 6.45) is 1.11. The third-order valence-corrected chi connectivity index (χ3v) is 6.52. The number of aryl methyl sites for hydroxylation is 2. The summed E-state index contributed by atoms with van der Waals surface area (Å²) < 4.78 is 0. The smallest absolute Gasteiger partial charge is 0.314 e. The number of carboxylic acid groups (broad SMARTS) is 1. The fourth-order valence-corrected chi connectivity index (χ4v) is 4.79. The minimum Gasteiger partial charge on any atom is -0.481 e. The van der Waals surface area contributed by atoms with Crippen LogP contribution in [0.4, 0.5) is 11.4 Å². The number of rotatable bonds is 1. The molecule has 3 N–H and O–H groups in total. The summed E-state index contributed by atoms with van der Waals surface area (Å²) in [5, 5.41) is 14.8. The molecule has 2 aromatic carbocycles. The Morgan fingerprint density at radius 2 is 1.42 bits per heavy atom. The molecular weight excluding hydrogens is 432 g/mol. The molecule has 0 spiro atoms. The Kier molecular flexibility index (Phi) is 8.68. The van der Waals surface area contributed by atoms with Crippen molar-refractivity contribution in [3.05, 3.63) is 47.5 Å². The molecule has 2 aromatic rings. The molecule has 140 valence electrons. The lowest BCUT2D eigenvalue weighted by Gasteiger charge is -2.12. The fraction of sp³-hybridized carbons (Fsp3) is 0.316. The second kappa shape index (κ2) is 10.7. The van der Waals surface area contributed by atoms with Gasteiger partial charge in [-0.25, -0.2) is 0 Å². The highest BCUT2D eigenvalue weighted by atomic mass is 79.9. The van der Waals surface area contributed by atoms with Crippen LogP contribution in [0.1, 0.15) is 17.5 Å². The lowest BCUT2D eigenvalue weighted by Crippen LogP contribution is -2.09. The molecule has 0 radical (unpaired) electrons. The van der Waals surface area contributed by atoms with Gasteiger partial charge in [0.15, 0.2) is 0 Å². The minimum absolute atomic E-state index is 0.0347. The van der Waals surface area contributed by atoms with E-state index in [0.29, 0.717) is 0 Å². The third-order valence-electron chi connectivity index (χ3n) is 3.59. The Bertz CT molecular complexity index is 701. The van der Waals surface area contributed by atoms with Crippen LogP contribution in [0.25, 0.3) is 0 Å². The molecule has 0 bridgehead atoms. The van der Waals surface area contributed by atoms with Crippen LogP contribution in [0.15, 0.2) is 46.2 Å². The van der Waals surface area contributed by atoms with E-state index in [1.165, 1.54) is 32.3 Å². The van der Waals surface area contributed by atoms with Gasteiger partial charge in [-0.15, -0.1) is 0 Å². The van der Waals surface area contributed by atoms with Crippen molar-refractivity contribution in [3.8, 4) is 0 Å². The summed E-state index contributed by atoms with van der Waals surface area (Å²) >= 11 is 2.71. The highest BCUT2D eigenvalue weighted by molar-refractivity contribution is 9.09. The largest absolute Gasteiger partial charge is 0.481 e. The van der Waals surface area contributed by atoms with E-state index in [0.717, 1.165) is 19.5 Å². The van der Waals surface area contributed by atoms with E-state index in [-0.39, 0.29) is 5.33 Å². The number of hydrogen-bond donors (Lipinski definition) is 3. The quantitative estimate of drug-likeness (QED) is 0.374. The SMILES string of the molecule is Cc1ccc2c(c1)SSc1cc(C)ccc1NCCCN2.O=C(O)CBr. The maximum Gasteiger partial charge on any atom is 0.314 e. The average Bonchev–Trinajstić information content (AvgIpc) is 2.65. The first-order valence-corrected chi connectivity index (χ1v) is 11.6. The van der Waals surface area contributed by atoms with E-state index >= 15 is 0 Å². The monoisotopic (exact) mass is 454 g/mol. The number of hydrogen-bond acceptors (Lipinski definition) is 5. The third kappa shape index (κ3) is 6.78. The van der Waals surface area contributed by atoms with Gasteiger partial charge < -0.3 is 15.7 Å². The van der Waals surface area contributed by atoms with E-state index in [9.17, 15) is 4.79 Å². The van der Waals surface area contributed by atoms with E-state index in [4.69, 9.17) is 5.11 Å². The number of nitrogens with one attached hydrogen (secondary N) is 2. The van der Waals surface area contributed by atoms with Gasteiger partial charge in [0.25, 0.3) is 0 Å². The maximum absolute atomic E-state index is 9.32. The van der Waals surface area contributed by atoms with Gasteiger partial charge in [0.2, 0.25) is 0 Å². The molecule has 3 rings (SSSR count). The zero-order valence-electron chi connectivity index (χ0n) is 14.8. The van der Waals surface area contributed by atoms with Crippen LogP contribution in [0.2, 0.25) is 0 Å². The van der Waals surface area contributed by atoms with E-state index in [1.807, 2.05) is 21.6 Å². The number of halogens is 1. The van der Waals surface area contributed by atoms with Crippen molar-refractivity contribution in [1.29, 1.82) is 0 Å². The van der Waals surface area contributed by atoms with Crippen molar-refractivity contribution in [2.24, 2.45) is 0 Å². The van der Waals surface area contributed by atoms with Crippen LogP contribution in [0.3, 0.4) is 0 Å². The number of anilines is 2. The Labute approximate surface area is 171 Å². The first kappa shape index (κ1) is 21.0. The Balaban J connectivity index is 0.000000431. The first-order valence-electron chi connectivity index (χ1n) is 8.31. The van der Waals surface area contributed by atoms with Gasteiger partial charge >= 0.3 is 5.97 Å². The topological polar surface area (TPSA) is 61.4 Å². The van der Waals surface area contributed by atoms with Gasteiger partial charge in [0, 0.05) is 34.3 Å². The molecule has 0 saturated carbocycles. The highest BCUT2D eigenvalue weighted by Gasteiger charge is 2.10. The summed E-state index contributed by atoms with van der Waals surface area (Å²) in [7, 11) is 3.67. The number of benzene rings is 2. The minimum atomic E-state index is -0.829. The molecule has 1 aliphatic rings. The normalized spacial score (nSPS) is 13.5. The molecule has 0 unspecified atom stereocenters. The van der Waals surface area contributed by atoms with Gasteiger partial charge in [-0.3, -0.25) is 4.79 Å². The lowest BCUT2D eigenvalue weighted by molar-refractivity contribution is -0.133. The molecule has 26 heavy (non-hydrogen) atoms. The number of carboxylic acids is 1. The molecule has 0 atom stereocenters. The van der Waals surface area contributed by atoms with Crippen LogP contribution in [-0.4, -0.2) is 29.5 Å². The molecule has 0 fully saturated rings. The zero-order valence-corrected chi connectivity index (χ0v) is 18.1. The zero-order chi connectivity index (χ0) is 18.9. The van der Waals surface area contributed by atoms with Crippen LogP contribution in [0, 0.1) is 13.8 Å². The van der Waals surface area contributed by atoms with Gasteiger partial charge in [-0.05, 0) is 55.7 Å². The van der Waals surface area contributed by atoms with Gasteiger partial charge in [-0.2, -0.15) is 0 Å². The Morgan fingerprint density at radius 3 is 1.81 bits per heavy atom. The molecule has 1 heterocycles. The standard InChI is InChI=1S/C17H20N2S2.C2H3BrO2/c1-12-4-6-14-16(10-12)20-21-17-11-13(2)5-7-15(17)19-9-3-8-18-14;3-1-2(4)5/h4-7,10-11,18-19H,3,8-9H2,1-2H3;1H2,(H,4,5). The molecular formula is C19H23BrN2O2S2. The molecule has 0 amide bonds. The summed E-state index contributed by atoms with van der Waals surface area (Å²) in [5.41, 5.74) is 5.10. The van der Waals surface area contributed by atoms with Crippen LogP contribution in [0.5, 0.6) is 0 Å². The maximum atomic E-state index is 9.32. The first-order chi connectivity index (χ1) is 12.5. The second-order valence-corrected chi connectivity index (χ2v) is 8.67. The predicted molar refractivity (Wildman–Crippen MR) is 117 cm³/mol. The molecule has 0 aliphatic carbocycles. The number of carbonyl (C=O) groups is 1. The molecule has 4 nitrogen and oxygen atoms in total.